The highest BCUT2D eigenvalue weighted by molar-refractivity contribution is 5.76. The van der Waals surface area contributed by atoms with Crippen LogP contribution in [0.3, 0.4) is 0 Å². The predicted octanol–water partition coefficient (Wildman–Crippen LogP) is 0.952. The van der Waals surface area contributed by atoms with Gasteiger partial charge in [0.05, 0.1) is 7.11 Å². The fourth-order valence-corrected chi connectivity index (χ4v) is 1.61. The fourth-order valence-electron chi connectivity index (χ4n) is 1.61. The Balaban J connectivity index is 2.16. The van der Waals surface area contributed by atoms with Crippen molar-refractivity contribution < 1.29 is 14.3 Å². The molecule has 80 valence electrons. The van der Waals surface area contributed by atoms with Crippen molar-refractivity contribution in [3.8, 4) is 0 Å². The molecule has 1 amide bonds. The lowest BCUT2D eigenvalue weighted by atomic mass is 10.1. The van der Waals surface area contributed by atoms with Crippen molar-refractivity contribution in [2.45, 2.75) is 32.1 Å². The Morgan fingerprint density at radius 3 is 2.93 bits per heavy atom. The first kappa shape index (κ1) is 11.0. The number of rotatable bonds is 4. The Morgan fingerprint density at radius 1 is 1.50 bits per heavy atom. The molecule has 0 aliphatic carbocycles. The van der Waals surface area contributed by atoms with E-state index in [-0.39, 0.29) is 11.9 Å². The van der Waals surface area contributed by atoms with E-state index in [2.05, 4.69) is 4.74 Å². The average Bonchev–Trinajstić information content (AvgIpc) is 2.20. The van der Waals surface area contributed by atoms with Gasteiger partial charge in [-0.05, 0) is 19.3 Å². The standard InChI is InChI=1S/C10H17NO3/c1-14-10(13)6-4-8-11-7-3-2-5-9(11)12/h2-8H2,1H3. The van der Waals surface area contributed by atoms with Gasteiger partial charge in [-0.1, -0.05) is 0 Å². The van der Waals surface area contributed by atoms with E-state index in [1.54, 1.807) is 0 Å². The molecule has 1 rings (SSSR count). The molecule has 1 aliphatic rings. The summed E-state index contributed by atoms with van der Waals surface area (Å²) in [6, 6.07) is 0. The second kappa shape index (κ2) is 5.62. The molecule has 0 spiro atoms. The van der Waals surface area contributed by atoms with Gasteiger partial charge in [0.2, 0.25) is 5.91 Å². The van der Waals surface area contributed by atoms with Crippen LogP contribution in [0.25, 0.3) is 0 Å². The highest BCUT2D eigenvalue weighted by Crippen LogP contribution is 2.11. The van der Waals surface area contributed by atoms with Crippen molar-refractivity contribution in [2.75, 3.05) is 20.2 Å². The van der Waals surface area contributed by atoms with Gasteiger partial charge < -0.3 is 9.64 Å². The number of piperidine rings is 1. The van der Waals surface area contributed by atoms with Gasteiger partial charge in [-0.15, -0.1) is 0 Å². The summed E-state index contributed by atoms with van der Waals surface area (Å²) in [7, 11) is 1.38. The topological polar surface area (TPSA) is 46.6 Å². The average molecular weight is 199 g/mol. The molecule has 0 bridgehead atoms. The number of nitrogens with zero attached hydrogens (tertiary/aromatic N) is 1. The number of likely N-dealkylation sites (tertiary alicyclic amines) is 1. The van der Waals surface area contributed by atoms with E-state index < -0.39 is 0 Å². The van der Waals surface area contributed by atoms with E-state index in [9.17, 15) is 9.59 Å². The van der Waals surface area contributed by atoms with Gasteiger partial charge in [-0.2, -0.15) is 0 Å². The fraction of sp³-hybridized carbons (Fsp3) is 0.800. The van der Waals surface area contributed by atoms with Gasteiger partial charge in [0.25, 0.3) is 0 Å². The van der Waals surface area contributed by atoms with Crippen LogP contribution in [-0.4, -0.2) is 37.0 Å². The summed E-state index contributed by atoms with van der Waals surface area (Å²) >= 11 is 0. The van der Waals surface area contributed by atoms with E-state index in [0.717, 1.165) is 19.4 Å². The minimum Gasteiger partial charge on any atom is -0.469 e. The first-order valence-corrected chi connectivity index (χ1v) is 5.08. The third-order valence-electron chi connectivity index (χ3n) is 2.46. The molecule has 0 saturated carbocycles. The van der Waals surface area contributed by atoms with Crippen LogP contribution in [0.4, 0.5) is 0 Å². The Kier molecular flexibility index (Phi) is 4.43. The summed E-state index contributed by atoms with van der Waals surface area (Å²) in [5, 5.41) is 0. The van der Waals surface area contributed by atoms with Crippen molar-refractivity contribution in [1.82, 2.24) is 4.90 Å². The molecule has 0 unspecified atom stereocenters. The van der Waals surface area contributed by atoms with Crippen LogP contribution in [0.1, 0.15) is 32.1 Å². The summed E-state index contributed by atoms with van der Waals surface area (Å²) in [5.41, 5.74) is 0. The zero-order valence-electron chi connectivity index (χ0n) is 8.62. The minimum absolute atomic E-state index is 0.200. The molecule has 4 heteroatoms. The van der Waals surface area contributed by atoms with Crippen LogP contribution < -0.4 is 0 Å². The van der Waals surface area contributed by atoms with Crippen molar-refractivity contribution in [3.05, 3.63) is 0 Å². The molecule has 1 fully saturated rings. The van der Waals surface area contributed by atoms with Crippen LogP contribution in [0, 0.1) is 0 Å². The van der Waals surface area contributed by atoms with Crippen molar-refractivity contribution >= 4 is 11.9 Å². The van der Waals surface area contributed by atoms with Gasteiger partial charge in [-0.25, -0.2) is 0 Å². The molecular weight excluding hydrogens is 182 g/mol. The molecule has 0 aromatic rings. The maximum Gasteiger partial charge on any atom is 0.305 e. The van der Waals surface area contributed by atoms with Gasteiger partial charge in [0.15, 0.2) is 0 Å². The molecule has 1 heterocycles. The molecular formula is C10H17NO3. The number of carbonyl (C=O) groups is 2. The zero-order valence-corrected chi connectivity index (χ0v) is 8.62. The smallest absolute Gasteiger partial charge is 0.305 e. The summed E-state index contributed by atoms with van der Waals surface area (Å²) < 4.78 is 4.52. The molecule has 1 aliphatic heterocycles. The molecule has 0 atom stereocenters. The van der Waals surface area contributed by atoms with Crippen LogP contribution in [0.5, 0.6) is 0 Å². The lowest BCUT2D eigenvalue weighted by Crippen LogP contribution is -2.36. The summed E-state index contributed by atoms with van der Waals surface area (Å²) in [6.45, 7) is 1.54. The van der Waals surface area contributed by atoms with E-state index in [1.165, 1.54) is 7.11 Å². The SMILES string of the molecule is COC(=O)CCCN1CCCCC1=O. The largest absolute Gasteiger partial charge is 0.469 e. The normalized spacial score (nSPS) is 16.9. The monoisotopic (exact) mass is 199 g/mol. The quantitative estimate of drug-likeness (QED) is 0.633. The third kappa shape index (κ3) is 3.36. The number of methoxy groups -OCH3 is 1. The molecule has 14 heavy (non-hydrogen) atoms. The molecule has 0 N–H and O–H groups in total. The minimum atomic E-state index is -0.200. The van der Waals surface area contributed by atoms with Crippen molar-refractivity contribution in [2.24, 2.45) is 0 Å². The summed E-state index contributed by atoms with van der Waals surface area (Å²) in [6.07, 6.45) is 3.87. The van der Waals surface area contributed by atoms with Gasteiger partial charge >= 0.3 is 5.97 Å². The number of carbonyl (C=O) groups excluding carboxylic acids is 2. The zero-order chi connectivity index (χ0) is 10.4. The second-order valence-corrected chi connectivity index (χ2v) is 3.52. The first-order valence-electron chi connectivity index (χ1n) is 5.08. The predicted molar refractivity (Wildman–Crippen MR) is 51.7 cm³/mol. The Labute approximate surface area is 84.2 Å². The van der Waals surface area contributed by atoms with E-state index in [1.807, 2.05) is 4.90 Å². The van der Waals surface area contributed by atoms with Crippen LogP contribution in [0.15, 0.2) is 0 Å². The Hall–Kier alpha value is -1.06. The number of esters is 1. The number of ether oxygens (including phenoxy) is 1. The van der Waals surface area contributed by atoms with E-state index in [4.69, 9.17) is 0 Å². The lowest BCUT2D eigenvalue weighted by molar-refractivity contribution is -0.141. The maximum absolute atomic E-state index is 11.3. The molecule has 4 nitrogen and oxygen atoms in total. The van der Waals surface area contributed by atoms with Gasteiger partial charge in [0.1, 0.15) is 0 Å². The number of amides is 1. The van der Waals surface area contributed by atoms with E-state index >= 15 is 0 Å². The van der Waals surface area contributed by atoms with Crippen molar-refractivity contribution in [3.63, 3.8) is 0 Å². The Bertz CT molecular complexity index is 215. The summed E-state index contributed by atoms with van der Waals surface area (Å²) in [5.74, 6) is 0.0237. The van der Waals surface area contributed by atoms with Crippen LogP contribution in [-0.2, 0) is 14.3 Å². The van der Waals surface area contributed by atoms with E-state index in [0.29, 0.717) is 25.8 Å². The third-order valence-corrected chi connectivity index (χ3v) is 2.46. The lowest BCUT2D eigenvalue weighted by Gasteiger charge is -2.26. The molecule has 0 aromatic carbocycles. The second-order valence-electron chi connectivity index (χ2n) is 3.52. The number of hydrogen-bond donors (Lipinski definition) is 0. The van der Waals surface area contributed by atoms with Crippen LogP contribution >= 0.6 is 0 Å². The Morgan fingerprint density at radius 2 is 2.29 bits per heavy atom. The molecule has 0 aromatic heterocycles. The number of hydrogen-bond acceptors (Lipinski definition) is 3. The molecule has 0 radical (unpaired) electrons. The van der Waals surface area contributed by atoms with Crippen molar-refractivity contribution in [1.29, 1.82) is 0 Å². The highest BCUT2D eigenvalue weighted by Gasteiger charge is 2.17. The highest BCUT2D eigenvalue weighted by atomic mass is 16.5. The van der Waals surface area contributed by atoms with Gasteiger partial charge in [-0.3, -0.25) is 9.59 Å². The first-order chi connectivity index (χ1) is 6.74. The van der Waals surface area contributed by atoms with Crippen LogP contribution in [0.2, 0.25) is 0 Å². The van der Waals surface area contributed by atoms with Gasteiger partial charge in [0, 0.05) is 25.9 Å². The maximum atomic E-state index is 11.3. The molecule has 1 saturated heterocycles. The summed E-state index contributed by atoms with van der Waals surface area (Å²) in [4.78, 5) is 24.0.